The maximum absolute atomic E-state index is 12.7. The lowest BCUT2D eigenvalue weighted by Crippen LogP contribution is -2.59. The van der Waals surface area contributed by atoms with E-state index in [-0.39, 0.29) is 12.5 Å². The molecular weight excluding hydrogens is 412 g/mol. The third kappa shape index (κ3) is 4.90. The Bertz CT molecular complexity index is 969. The molecule has 4 rings (SSSR count). The Kier molecular flexibility index (Phi) is 6.32. The van der Waals surface area contributed by atoms with Crippen LogP contribution in [-0.2, 0) is 9.53 Å². The molecule has 2 N–H and O–H groups in total. The Balaban J connectivity index is 1.28. The van der Waals surface area contributed by atoms with Crippen molar-refractivity contribution in [3.05, 3.63) is 35.4 Å². The third-order valence-corrected chi connectivity index (χ3v) is 7.60. The number of rotatable bonds is 4. The second kappa shape index (κ2) is 8.70. The van der Waals surface area contributed by atoms with Crippen LogP contribution in [0.25, 0.3) is 10.9 Å². The lowest BCUT2D eigenvalue weighted by atomic mass is 9.76. The molecule has 0 aliphatic carbocycles. The van der Waals surface area contributed by atoms with Gasteiger partial charge in [0.25, 0.3) is 0 Å². The Hall–Kier alpha value is -1.67. The zero-order valence-corrected chi connectivity index (χ0v) is 19.4. The number of hydrogen-bond acceptors (Lipinski definition) is 6. The van der Waals surface area contributed by atoms with Crippen molar-refractivity contribution in [2.75, 3.05) is 25.4 Å². The zero-order chi connectivity index (χ0) is 22.2. The van der Waals surface area contributed by atoms with Crippen LogP contribution in [0.5, 0.6) is 0 Å². The van der Waals surface area contributed by atoms with E-state index in [1.54, 1.807) is 18.7 Å². The predicted molar refractivity (Wildman–Crippen MR) is 122 cm³/mol. The van der Waals surface area contributed by atoms with E-state index in [4.69, 9.17) is 9.72 Å². The molecule has 1 aromatic carbocycles. The number of hydrogen-bond donors (Lipinski definition) is 2. The average Bonchev–Trinajstić information content (AvgIpc) is 2.72. The summed E-state index contributed by atoms with van der Waals surface area (Å²) in [7, 11) is 0. The number of aliphatic hydroxyl groups is 2. The van der Waals surface area contributed by atoms with Gasteiger partial charge in [-0.3, -0.25) is 4.79 Å². The standard InChI is InChI=1S/C24H32N2O4S/c1-16-4-5-19-18(12-16)17(2)13-21(25-19)31-11-6-22(28)26-9-7-24(8-10-26)15-23(3,29)20(27)14-30-24/h4-5,12-13,20,27,29H,6-11,14-15H2,1-3H3/t20-,23-/m0/s1. The van der Waals surface area contributed by atoms with Crippen LogP contribution in [0.2, 0.25) is 0 Å². The first-order valence-electron chi connectivity index (χ1n) is 11.0. The number of ether oxygens (including phenoxy) is 1. The molecule has 6 nitrogen and oxygen atoms in total. The number of piperidine rings is 1. The van der Waals surface area contributed by atoms with Gasteiger partial charge in [0.05, 0.1) is 28.4 Å². The van der Waals surface area contributed by atoms with Crippen molar-refractivity contribution in [2.45, 2.75) is 68.8 Å². The van der Waals surface area contributed by atoms with Crippen LogP contribution >= 0.6 is 11.8 Å². The van der Waals surface area contributed by atoms with Crippen LogP contribution in [0.1, 0.15) is 43.7 Å². The van der Waals surface area contributed by atoms with Crippen molar-refractivity contribution in [2.24, 2.45) is 0 Å². The molecule has 2 fully saturated rings. The minimum atomic E-state index is -1.13. The van der Waals surface area contributed by atoms with Gasteiger partial charge in [0.15, 0.2) is 0 Å². The molecule has 1 amide bonds. The van der Waals surface area contributed by atoms with Gasteiger partial charge in [-0.2, -0.15) is 0 Å². The SMILES string of the molecule is Cc1ccc2nc(SCCC(=O)N3CCC4(CC3)C[C@](C)(O)[C@@H](O)CO4)cc(C)c2c1. The summed E-state index contributed by atoms with van der Waals surface area (Å²) >= 11 is 1.62. The quantitative estimate of drug-likeness (QED) is 0.705. The molecule has 0 bridgehead atoms. The molecule has 2 saturated heterocycles. The Morgan fingerprint density at radius 3 is 2.74 bits per heavy atom. The number of pyridine rings is 1. The van der Waals surface area contributed by atoms with Crippen molar-refractivity contribution in [1.82, 2.24) is 9.88 Å². The number of aryl methyl sites for hydroxylation is 2. The summed E-state index contributed by atoms with van der Waals surface area (Å²) in [6.45, 7) is 7.26. The Morgan fingerprint density at radius 2 is 2.03 bits per heavy atom. The molecule has 0 saturated carbocycles. The van der Waals surface area contributed by atoms with Gasteiger partial charge < -0.3 is 19.8 Å². The monoisotopic (exact) mass is 444 g/mol. The summed E-state index contributed by atoms with van der Waals surface area (Å²) < 4.78 is 5.91. The van der Waals surface area contributed by atoms with Gasteiger partial charge in [-0.25, -0.2) is 4.98 Å². The highest BCUT2D eigenvalue weighted by atomic mass is 32.2. The molecule has 2 atom stereocenters. The lowest BCUT2D eigenvalue weighted by molar-refractivity contribution is -0.222. The van der Waals surface area contributed by atoms with E-state index in [9.17, 15) is 15.0 Å². The Morgan fingerprint density at radius 1 is 1.29 bits per heavy atom. The number of carbonyl (C=O) groups is 1. The highest BCUT2D eigenvalue weighted by Crippen LogP contribution is 2.39. The van der Waals surface area contributed by atoms with E-state index >= 15 is 0 Å². The number of nitrogens with zero attached hydrogens (tertiary/aromatic N) is 2. The minimum absolute atomic E-state index is 0.148. The van der Waals surface area contributed by atoms with E-state index < -0.39 is 17.3 Å². The van der Waals surface area contributed by atoms with E-state index in [0.29, 0.717) is 44.5 Å². The molecule has 1 aromatic heterocycles. The molecule has 7 heteroatoms. The van der Waals surface area contributed by atoms with Gasteiger partial charge in [0, 0.05) is 37.1 Å². The van der Waals surface area contributed by atoms with E-state index in [1.807, 2.05) is 4.90 Å². The molecule has 0 radical (unpaired) electrons. The van der Waals surface area contributed by atoms with Gasteiger partial charge in [0.1, 0.15) is 6.10 Å². The van der Waals surface area contributed by atoms with Crippen molar-refractivity contribution in [3.63, 3.8) is 0 Å². The van der Waals surface area contributed by atoms with Crippen LogP contribution in [0, 0.1) is 13.8 Å². The van der Waals surface area contributed by atoms with Crippen molar-refractivity contribution in [3.8, 4) is 0 Å². The van der Waals surface area contributed by atoms with Crippen molar-refractivity contribution in [1.29, 1.82) is 0 Å². The maximum Gasteiger partial charge on any atom is 0.223 e. The van der Waals surface area contributed by atoms with Gasteiger partial charge in [-0.05, 0) is 57.4 Å². The highest BCUT2D eigenvalue weighted by Gasteiger charge is 2.48. The van der Waals surface area contributed by atoms with Crippen LogP contribution in [0.15, 0.2) is 29.3 Å². The van der Waals surface area contributed by atoms with E-state index in [0.717, 1.165) is 10.5 Å². The topological polar surface area (TPSA) is 82.9 Å². The van der Waals surface area contributed by atoms with Gasteiger partial charge in [-0.15, -0.1) is 11.8 Å². The maximum atomic E-state index is 12.7. The fraction of sp³-hybridized carbons (Fsp3) is 0.583. The number of thioether (sulfide) groups is 1. The first kappa shape index (κ1) is 22.5. The van der Waals surface area contributed by atoms with E-state index in [1.165, 1.54) is 16.5 Å². The predicted octanol–water partition coefficient (Wildman–Crippen LogP) is 3.23. The summed E-state index contributed by atoms with van der Waals surface area (Å²) in [5.74, 6) is 0.847. The van der Waals surface area contributed by atoms with Crippen LogP contribution in [-0.4, -0.2) is 68.8 Å². The molecule has 2 aliphatic rings. The van der Waals surface area contributed by atoms with E-state index in [2.05, 4.69) is 38.1 Å². The number of likely N-dealkylation sites (tertiary alicyclic amines) is 1. The normalized spacial score (nSPS) is 25.8. The molecular formula is C24H32N2O4S. The number of amides is 1. The molecule has 2 aliphatic heterocycles. The van der Waals surface area contributed by atoms with Crippen LogP contribution in [0.3, 0.4) is 0 Å². The second-order valence-corrected chi connectivity index (χ2v) is 10.4. The summed E-state index contributed by atoms with van der Waals surface area (Å²) in [4.78, 5) is 19.4. The minimum Gasteiger partial charge on any atom is -0.388 e. The molecule has 2 aromatic rings. The van der Waals surface area contributed by atoms with Gasteiger partial charge >= 0.3 is 0 Å². The molecule has 168 valence electrons. The van der Waals surface area contributed by atoms with Crippen LogP contribution < -0.4 is 0 Å². The fourth-order valence-electron chi connectivity index (χ4n) is 4.69. The molecule has 1 spiro atoms. The fourth-order valence-corrected chi connectivity index (χ4v) is 5.60. The summed E-state index contributed by atoms with van der Waals surface area (Å²) in [6, 6.07) is 8.39. The van der Waals surface area contributed by atoms with Crippen LogP contribution in [0.4, 0.5) is 0 Å². The number of aliphatic hydroxyl groups excluding tert-OH is 1. The smallest absolute Gasteiger partial charge is 0.223 e. The summed E-state index contributed by atoms with van der Waals surface area (Å²) in [6.07, 6.45) is 1.41. The molecule has 31 heavy (non-hydrogen) atoms. The highest BCUT2D eigenvalue weighted by molar-refractivity contribution is 7.99. The number of fused-ring (bicyclic) bond motifs is 1. The second-order valence-electron chi connectivity index (χ2n) is 9.32. The zero-order valence-electron chi connectivity index (χ0n) is 18.6. The summed E-state index contributed by atoms with van der Waals surface area (Å²) in [5.41, 5.74) is 1.86. The first-order valence-corrected chi connectivity index (χ1v) is 12.0. The largest absolute Gasteiger partial charge is 0.388 e. The summed E-state index contributed by atoms with van der Waals surface area (Å²) in [5, 5.41) is 22.5. The van der Waals surface area contributed by atoms with Crippen molar-refractivity contribution >= 4 is 28.6 Å². The first-order chi connectivity index (χ1) is 14.7. The third-order valence-electron chi connectivity index (χ3n) is 6.69. The average molecular weight is 445 g/mol. The molecule has 0 unspecified atom stereocenters. The molecule has 3 heterocycles. The van der Waals surface area contributed by atoms with Gasteiger partial charge in [-0.1, -0.05) is 11.6 Å². The number of aromatic nitrogens is 1. The van der Waals surface area contributed by atoms with Gasteiger partial charge in [0.2, 0.25) is 5.91 Å². The van der Waals surface area contributed by atoms with Crippen molar-refractivity contribution < 1.29 is 19.7 Å². The number of benzene rings is 1. The number of carbonyl (C=O) groups excluding carboxylic acids is 1. The lowest BCUT2D eigenvalue weighted by Gasteiger charge is -2.49. The Labute approximate surface area is 188 Å².